The van der Waals surface area contributed by atoms with Crippen molar-refractivity contribution in [3.8, 4) is 0 Å². The van der Waals surface area contributed by atoms with E-state index in [1.807, 2.05) is 25.1 Å². The van der Waals surface area contributed by atoms with Crippen molar-refractivity contribution in [1.29, 1.82) is 0 Å². The summed E-state index contributed by atoms with van der Waals surface area (Å²) in [7, 11) is 5.76. The minimum absolute atomic E-state index is 0.226. The van der Waals surface area contributed by atoms with E-state index in [0.717, 1.165) is 43.3 Å². The summed E-state index contributed by atoms with van der Waals surface area (Å²) in [4.78, 5) is 24.2. The first-order chi connectivity index (χ1) is 11.5. The van der Waals surface area contributed by atoms with E-state index in [1.54, 1.807) is 13.2 Å². The van der Waals surface area contributed by atoms with Crippen LogP contribution in [-0.2, 0) is 11.3 Å². The van der Waals surface area contributed by atoms with Gasteiger partial charge in [-0.2, -0.15) is 0 Å². The molecular formula is C17H28N6O. The highest BCUT2D eigenvalue weighted by Gasteiger charge is 2.23. The molecule has 0 bridgehead atoms. The molecule has 1 saturated heterocycles. The number of nitrogens with one attached hydrogen (secondary N) is 1. The van der Waals surface area contributed by atoms with E-state index in [0.29, 0.717) is 18.9 Å². The first-order valence-corrected chi connectivity index (χ1v) is 8.36. The Morgan fingerprint density at radius 2 is 2.33 bits per heavy atom. The smallest absolute Gasteiger partial charge is 0.217 e. The molecule has 1 unspecified atom stereocenters. The average molecular weight is 332 g/mol. The van der Waals surface area contributed by atoms with Gasteiger partial charge in [0.15, 0.2) is 5.96 Å². The molecule has 132 valence electrons. The standard InChI is InChI=1S/C17H28N6O/c1-19-17(23-9-5-6-13(12-23)10-15(18)24)21-11-14-7-4-8-20-16(14)22(2)3/h4,7-8,13H,5-6,9-12H2,1-3H3,(H2,18,24)(H,19,21). The number of nitrogens with zero attached hydrogens (tertiary/aromatic N) is 4. The molecule has 1 aliphatic rings. The number of hydrogen-bond donors (Lipinski definition) is 2. The number of amides is 1. The number of aromatic nitrogens is 1. The second-order valence-electron chi connectivity index (χ2n) is 6.41. The van der Waals surface area contributed by atoms with E-state index in [-0.39, 0.29) is 5.91 Å². The molecule has 1 fully saturated rings. The predicted octanol–water partition coefficient (Wildman–Crippen LogP) is 0.810. The minimum atomic E-state index is -0.226. The van der Waals surface area contributed by atoms with Gasteiger partial charge in [-0.25, -0.2) is 4.98 Å². The maximum Gasteiger partial charge on any atom is 0.217 e. The van der Waals surface area contributed by atoms with Crippen molar-refractivity contribution in [1.82, 2.24) is 15.2 Å². The highest BCUT2D eigenvalue weighted by Crippen LogP contribution is 2.20. The average Bonchev–Trinajstić information content (AvgIpc) is 2.55. The quantitative estimate of drug-likeness (QED) is 0.615. The second kappa shape index (κ2) is 8.52. The fraction of sp³-hybridized carbons (Fsp3) is 0.588. The van der Waals surface area contributed by atoms with Crippen LogP contribution in [0.15, 0.2) is 23.3 Å². The van der Waals surface area contributed by atoms with Crippen LogP contribution >= 0.6 is 0 Å². The topological polar surface area (TPSA) is 86.8 Å². The molecule has 1 atom stereocenters. The van der Waals surface area contributed by atoms with Crippen molar-refractivity contribution in [2.75, 3.05) is 39.1 Å². The number of aliphatic imine (C=N–C) groups is 1. The second-order valence-corrected chi connectivity index (χ2v) is 6.41. The van der Waals surface area contributed by atoms with Crippen LogP contribution in [-0.4, -0.2) is 56.0 Å². The molecule has 1 amide bonds. The first-order valence-electron chi connectivity index (χ1n) is 8.36. The Morgan fingerprint density at radius 3 is 3.00 bits per heavy atom. The zero-order chi connectivity index (χ0) is 17.5. The number of primary amides is 1. The Labute approximate surface area is 143 Å². The van der Waals surface area contributed by atoms with Crippen LogP contribution < -0.4 is 16.0 Å². The van der Waals surface area contributed by atoms with Crippen molar-refractivity contribution >= 4 is 17.7 Å². The molecule has 0 saturated carbocycles. The Morgan fingerprint density at radius 1 is 1.54 bits per heavy atom. The molecule has 1 aromatic rings. The maximum atomic E-state index is 11.2. The van der Waals surface area contributed by atoms with Gasteiger partial charge in [0.1, 0.15) is 5.82 Å². The number of carbonyl (C=O) groups is 1. The van der Waals surface area contributed by atoms with E-state index in [2.05, 4.69) is 26.3 Å². The fourth-order valence-electron chi connectivity index (χ4n) is 3.19. The third-order valence-electron chi connectivity index (χ3n) is 4.25. The number of hydrogen-bond acceptors (Lipinski definition) is 4. The number of likely N-dealkylation sites (tertiary alicyclic amines) is 1. The van der Waals surface area contributed by atoms with E-state index >= 15 is 0 Å². The summed E-state index contributed by atoms with van der Waals surface area (Å²) in [6.45, 7) is 2.42. The molecule has 1 aliphatic heterocycles. The molecule has 7 nitrogen and oxygen atoms in total. The van der Waals surface area contributed by atoms with E-state index < -0.39 is 0 Å². The molecule has 3 N–H and O–H groups in total. The lowest BCUT2D eigenvalue weighted by Gasteiger charge is -2.34. The number of carbonyl (C=O) groups excluding carboxylic acids is 1. The van der Waals surface area contributed by atoms with Crippen molar-refractivity contribution in [2.24, 2.45) is 16.6 Å². The van der Waals surface area contributed by atoms with Gasteiger partial charge in [-0.15, -0.1) is 0 Å². The Hall–Kier alpha value is -2.31. The highest BCUT2D eigenvalue weighted by atomic mass is 16.1. The number of rotatable bonds is 5. The first kappa shape index (κ1) is 18.0. The van der Waals surface area contributed by atoms with Gasteiger partial charge >= 0.3 is 0 Å². The highest BCUT2D eigenvalue weighted by molar-refractivity contribution is 5.80. The lowest BCUT2D eigenvalue weighted by atomic mass is 9.95. The molecule has 0 radical (unpaired) electrons. The van der Waals surface area contributed by atoms with E-state index in [1.165, 1.54) is 0 Å². The van der Waals surface area contributed by atoms with Crippen molar-refractivity contribution in [3.63, 3.8) is 0 Å². The zero-order valence-electron chi connectivity index (χ0n) is 14.8. The van der Waals surface area contributed by atoms with E-state index in [4.69, 9.17) is 5.73 Å². The Balaban J connectivity index is 1.99. The van der Waals surface area contributed by atoms with Gasteiger partial charge in [0.05, 0.1) is 0 Å². The molecule has 0 spiro atoms. The van der Waals surface area contributed by atoms with Crippen molar-refractivity contribution in [3.05, 3.63) is 23.9 Å². The summed E-state index contributed by atoms with van der Waals surface area (Å²) in [5.74, 6) is 1.89. The zero-order valence-corrected chi connectivity index (χ0v) is 14.8. The van der Waals surface area contributed by atoms with E-state index in [9.17, 15) is 4.79 Å². The SMILES string of the molecule is CN=C(NCc1cccnc1N(C)C)N1CCCC(CC(N)=O)C1. The predicted molar refractivity (Wildman–Crippen MR) is 96.9 cm³/mol. The van der Waals surface area contributed by atoms with Gasteiger partial charge in [-0.3, -0.25) is 9.79 Å². The largest absolute Gasteiger partial charge is 0.370 e. The van der Waals surface area contributed by atoms with Crippen LogP contribution in [0.25, 0.3) is 0 Å². The third-order valence-corrected chi connectivity index (χ3v) is 4.25. The summed E-state index contributed by atoms with van der Waals surface area (Å²) in [5, 5.41) is 3.42. The molecule has 1 aromatic heterocycles. The molecule has 0 aliphatic carbocycles. The molecule has 2 rings (SSSR count). The monoisotopic (exact) mass is 332 g/mol. The Kier molecular flexibility index (Phi) is 6.40. The van der Waals surface area contributed by atoms with Crippen LogP contribution in [0.3, 0.4) is 0 Å². The molecule has 2 heterocycles. The lowest BCUT2D eigenvalue weighted by Crippen LogP contribution is -2.47. The summed E-state index contributed by atoms with van der Waals surface area (Å²) in [6.07, 6.45) is 4.34. The summed E-state index contributed by atoms with van der Waals surface area (Å²) in [5.41, 5.74) is 6.46. The molecule has 0 aromatic carbocycles. The minimum Gasteiger partial charge on any atom is -0.370 e. The number of anilines is 1. The maximum absolute atomic E-state index is 11.2. The number of guanidine groups is 1. The van der Waals surface area contributed by atoms with Gasteiger partial charge in [0.2, 0.25) is 5.91 Å². The number of pyridine rings is 1. The molecule has 7 heteroatoms. The lowest BCUT2D eigenvalue weighted by molar-refractivity contribution is -0.119. The molecular weight excluding hydrogens is 304 g/mol. The third kappa shape index (κ3) is 4.84. The summed E-state index contributed by atoms with van der Waals surface area (Å²) >= 11 is 0. The van der Waals surface area contributed by atoms with Crippen LogP contribution in [0.1, 0.15) is 24.8 Å². The molecule has 24 heavy (non-hydrogen) atoms. The van der Waals surface area contributed by atoms with Crippen LogP contribution in [0, 0.1) is 5.92 Å². The normalized spacial score (nSPS) is 18.4. The van der Waals surface area contributed by atoms with Crippen LogP contribution in [0.2, 0.25) is 0 Å². The number of nitrogens with two attached hydrogens (primary N) is 1. The summed E-state index contributed by atoms with van der Waals surface area (Å²) in [6, 6.07) is 4.01. The van der Waals surface area contributed by atoms with Gasteiger partial charge in [0, 0.05) is 59.0 Å². The Bertz CT molecular complexity index is 586. The van der Waals surface area contributed by atoms with Gasteiger partial charge in [-0.05, 0) is 24.8 Å². The van der Waals surface area contributed by atoms with Crippen LogP contribution in [0.4, 0.5) is 5.82 Å². The van der Waals surface area contributed by atoms with Crippen LogP contribution in [0.5, 0.6) is 0 Å². The van der Waals surface area contributed by atoms with Gasteiger partial charge in [0.25, 0.3) is 0 Å². The summed E-state index contributed by atoms with van der Waals surface area (Å²) < 4.78 is 0. The fourth-order valence-corrected chi connectivity index (χ4v) is 3.19. The van der Waals surface area contributed by atoms with Gasteiger partial charge < -0.3 is 20.9 Å². The van der Waals surface area contributed by atoms with Crippen molar-refractivity contribution in [2.45, 2.75) is 25.8 Å². The van der Waals surface area contributed by atoms with Crippen molar-refractivity contribution < 1.29 is 4.79 Å². The van der Waals surface area contributed by atoms with Gasteiger partial charge in [-0.1, -0.05) is 6.07 Å². The number of piperidine rings is 1.